The Morgan fingerprint density at radius 1 is 1.39 bits per heavy atom. The van der Waals surface area contributed by atoms with Crippen LogP contribution in [0.4, 0.5) is 4.79 Å². The number of carbonyl (C=O) groups is 2. The van der Waals surface area contributed by atoms with Gasteiger partial charge in [-0.25, -0.2) is 4.79 Å². The normalized spacial score (nSPS) is 13.1. The van der Waals surface area contributed by atoms with Crippen molar-refractivity contribution in [3.8, 4) is 5.75 Å². The Morgan fingerprint density at radius 3 is 2.70 bits per heavy atom. The molecule has 23 heavy (non-hydrogen) atoms. The van der Waals surface area contributed by atoms with Gasteiger partial charge in [0.15, 0.2) is 6.54 Å². The average Bonchev–Trinajstić information content (AvgIpc) is 2.46. The zero-order valence-corrected chi connectivity index (χ0v) is 15.6. The molecule has 0 saturated heterocycles. The van der Waals surface area contributed by atoms with Gasteiger partial charge in [0.05, 0.1) is 14.2 Å². The molecule has 2 atom stereocenters. The van der Waals surface area contributed by atoms with Crippen molar-refractivity contribution < 1.29 is 19.2 Å². The van der Waals surface area contributed by atoms with E-state index in [9.17, 15) is 9.59 Å². The van der Waals surface area contributed by atoms with E-state index in [1.165, 1.54) is 0 Å². The molecule has 1 aromatic carbocycles. The molecule has 0 fully saturated rings. The lowest BCUT2D eigenvalue weighted by molar-refractivity contribution is -0.885. The number of amides is 3. The van der Waals surface area contributed by atoms with Crippen molar-refractivity contribution in [2.24, 2.45) is 0 Å². The molecule has 3 N–H and O–H groups in total. The first-order chi connectivity index (χ1) is 10.8. The lowest BCUT2D eigenvalue weighted by Gasteiger charge is -2.16. The minimum Gasteiger partial charge on any atom is -0.496 e. The van der Waals surface area contributed by atoms with E-state index in [0.717, 1.165) is 27.1 Å². The van der Waals surface area contributed by atoms with Gasteiger partial charge in [-0.1, -0.05) is 22.9 Å². The molecule has 7 heteroatoms. The summed E-state index contributed by atoms with van der Waals surface area (Å²) in [6, 6.07) is 5.35. The van der Waals surface area contributed by atoms with E-state index in [-0.39, 0.29) is 18.5 Å². The van der Waals surface area contributed by atoms with Crippen molar-refractivity contribution in [1.29, 1.82) is 0 Å². The minimum absolute atomic E-state index is 0.0406. The summed E-state index contributed by atoms with van der Waals surface area (Å²) in [5.41, 5.74) is 0.997. The molecule has 0 aromatic heterocycles. The number of hydrogen-bond donors (Lipinski definition) is 3. The highest BCUT2D eigenvalue weighted by Crippen LogP contribution is 2.21. The topological polar surface area (TPSA) is 71.9 Å². The summed E-state index contributed by atoms with van der Waals surface area (Å²) >= 11 is 3.43. The number of hydrogen-bond acceptors (Lipinski definition) is 3. The van der Waals surface area contributed by atoms with Gasteiger partial charge in [-0.3, -0.25) is 10.1 Å². The van der Waals surface area contributed by atoms with Crippen LogP contribution < -0.4 is 20.3 Å². The van der Waals surface area contributed by atoms with Crippen LogP contribution in [0.15, 0.2) is 22.7 Å². The first kappa shape index (κ1) is 19.4. The molecule has 1 aromatic rings. The lowest BCUT2D eigenvalue weighted by Crippen LogP contribution is -3.09. The zero-order chi connectivity index (χ0) is 17.4. The van der Waals surface area contributed by atoms with Crippen molar-refractivity contribution in [2.75, 3.05) is 20.7 Å². The predicted molar refractivity (Wildman–Crippen MR) is 92.6 cm³/mol. The number of benzene rings is 1. The van der Waals surface area contributed by atoms with Crippen LogP contribution in [0, 0.1) is 0 Å². The van der Waals surface area contributed by atoms with Gasteiger partial charge in [-0.05, 0) is 31.5 Å². The van der Waals surface area contributed by atoms with Gasteiger partial charge in [-0.15, -0.1) is 0 Å². The summed E-state index contributed by atoms with van der Waals surface area (Å²) < 4.78 is 6.28. The van der Waals surface area contributed by atoms with Crippen molar-refractivity contribution in [3.05, 3.63) is 28.2 Å². The minimum atomic E-state index is -0.447. The molecule has 0 aliphatic carbocycles. The lowest BCUT2D eigenvalue weighted by atomic mass is 10.2. The molecule has 128 valence electrons. The molecule has 0 aliphatic heterocycles. The van der Waals surface area contributed by atoms with Crippen LogP contribution in [0.1, 0.15) is 25.8 Å². The van der Waals surface area contributed by atoms with Gasteiger partial charge in [0.25, 0.3) is 5.91 Å². The molecule has 3 amide bonds. The van der Waals surface area contributed by atoms with E-state index in [1.807, 2.05) is 39.1 Å². The van der Waals surface area contributed by atoms with Crippen LogP contribution >= 0.6 is 15.9 Å². The van der Waals surface area contributed by atoms with Crippen LogP contribution in [0.25, 0.3) is 0 Å². The highest BCUT2D eigenvalue weighted by molar-refractivity contribution is 9.10. The summed E-state index contributed by atoms with van der Waals surface area (Å²) in [4.78, 5) is 24.5. The van der Waals surface area contributed by atoms with Gasteiger partial charge in [0, 0.05) is 16.1 Å². The molecule has 1 unspecified atom stereocenters. The second-order valence-electron chi connectivity index (χ2n) is 5.60. The van der Waals surface area contributed by atoms with E-state index in [0.29, 0.717) is 6.54 Å². The zero-order valence-electron chi connectivity index (χ0n) is 14.0. The smallest absolute Gasteiger partial charge is 0.321 e. The number of likely N-dealkylation sites (N-methyl/N-ethyl adjacent to an activating group) is 1. The average molecular weight is 387 g/mol. The summed E-state index contributed by atoms with van der Waals surface area (Å²) in [5.74, 6) is 0.472. The maximum Gasteiger partial charge on any atom is 0.321 e. The Balaban J connectivity index is 2.53. The molecule has 6 nitrogen and oxygen atoms in total. The molecule has 0 saturated carbocycles. The summed E-state index contributed by atoms with van der Waals surface area (Å²) in [5, 5.41) is 5.05. The molecular weight excluding hydrogens is 362 g/mol. The molecular formula is C16H25BrN3O3+. The monoisotopic (exact) mass is 386 g/mol. The van der Waals surface area contributed by atoms with Gasteiger partial charge >= 0.3 is 6.03 Å². The number of rotatable bonds is 7. The maximum absolute atomic E-state index is 11.9. The van der Waals surface area contributed by atoms with Gasteiger partial charge in [0.1, 0.15) is 12.3 Å². The van der Waals surface area contributed by atoms with Crippen LogP contribution in [0.3, 0.4) is 0 Å². The Morgan fingerprint density at radius 2 is 2.09 bits per heavy atom. The van der Waals surface area contributed by atoms with Crippen molar-refractivity contribution in [1.82, 2.24) is 10.6 Å². The van der Waals surface area contributed by atoms with E-state index in [4.69, 9.17) is 4.74 Å². The number of imide groups is 1. The van der Waals surface area contributed by atoms with Gasteiger partial charge < -0.3 is 15.0 Å². The molecule has 0 heterocycles. The SMILES string of the molecule is CC[C@@H](C)NC(=O)NC(=O)C[NH+](C)Cc1cc(Br)ccc1OC. The van der Waals surface area contributed by atoms with Crippen molar-refractivity contribution in [2.45, 2.75) is 32.9 Å². The van der Waals surface area contributed by atoms with E-state index < -0.39 is 6.03 Å². The Hall–Kier alpha value is -1.60. The quantitative estimate of drug-likeness (QED) is 0.656. The summed E-state index contributed by atoms with van der Waals surface area (Å²) in [7, 11) is 3.51. The van der Waals surface area contributed by atoms with Crippen LogP contribution in [-0.2, 0) is 11.3 Å². The second-order valence-corrected chi connectivity index (χ2v) is 6.51. The first-order valence-corrected chi connectivity index (χ1v) is 8.39. The summed E-state index contributed by atoms with van der Waals surface area (Å²) in [6.07, 6.45) is 0.815. The van der Waals surface area contributed by atoms with Crippen molar-refractivity contribution in [3.63, 3.8) is 0 Å². The van der Waals surface area contributed by atoms with Gasteiger partial charge in [0.2, 0.25) is 0 Å². The fourth-order valence-corrected chi connectivity index (χ4v) is 2.49. The van der Waals surface area contributed by atoms with Crippen molar-refractivity contribution >= 4 is 27.9 Å². The highest BCUT2D eigenvalue weighted by atomic mass is 79.9. The Labute approximate surface area is 145 Å². The van der Waals surface area contributed by atoms with Crippen LogP contribution in [-0.4, -0.2) is 38.7 Å². The fourth-order valence-electron chi connectivity index (χ4n) is 2.08. The van der Waals surface area contributed by atoms with Crippen LogP contribution in [0.2, 0.25) is 0 Å². The fraction of sp³-hybridized carbons (Fsp3) is 0.500. The third kappa shape index (κ3) is 7.00. The number of carbonyl (C=O) groups excluding carboxylic acids is 2. The predicted octanol–water partition coefficient (Wildman–Crippen LogP) is 1.10. The second kappa shape index (κ2) is 9.52. The Kier molecular flexibility index (Phi) is 8.05. The third-order valence-electron chi connectivity index (χ3n) is 3.44. The maximum atomic E-state index is 11.9. The molecule has 1 rings (SSSR count). The number of urea groups is 1. The van der Waals surface area contributed by atoms with Crippen LogP contribution in [0.5, 0.6) is 5.75 Å². The largest absolute Gasteiger partial charge is 0.496 e. The third-order valence-corrected chi connectivity index (χ3v) is 3.93. The highest BCUT2D eigenvalue weighted by Gasteiger charge is 2.16. The number of methoxy groups -OCH3 is 1. The molecule has 0 spiro atoms. The number of nitrogens with one attached hydrogen (secondary N) is 3. The number of halogens is 1. The number of quaternary nitrogens is 1. The van der Waals surface area contributed by atoms with E-state index in [1.54, 1.807) is 7.11 Å². The first-order valence-electron chi connectivity index (χ1n) is 7.59. The van der Waals surface area contributed by atoms with Gasteiger partial charge in [-0.2, -0.15) is 0 Å². The Bertz CT molecular complexity index is 551. The summed E-state index contributed by atoms with van der Waals surface area (Å²) in [6.45, 7) is 4.67. The standard InChI is InChI=1S/C16H24BrN3O3/c1-5-11(2)18-16(22)19-15(21)10-20(3)9-12-8-13(17)6-7-14(12)23-4/h6-8,11H,5,9-10H2,1-4H3,(H2,18,19,21,22)/p+1/t11-/m1/s1. The molecule has 0 radical (unpaired) electrons. The molecule has 0 bridgehead atoms. The van der Waals surface area contributed by atoms with E-state index in [2.05, 4.69) is 26.6 Å². The molecule has 0 aliphatic rings. The van der Waals surface area contributed by atoms with E-state index >= 15 is 0 Å². The number of ether oxygens (including phenoxy) is 1.